The van der Waals surface area contributed by atoms with Gasteiger partial charge in [-0.2, -0.15) is 0 Å². The molecule has 1 amide bonds. The van der Waals surface area contributed by atoms with Crippen molar-refractivity contribution in [3.8, 4) is 0 Å². The zero-order chi connectivity index (χ0) is 16.3. The van der Waals surface area contributed by atoms with Gasteiger partial charge in [0.25, 0.3) is 0 Å². The summed E-state index contributed by atoms with van der Waals surface area (Å²) >= 11 is 0. The maximum atomic E-state index is 12.3. The van der Waals surface area contributed by atoms with Crippen molar-refractivity contribution in [2.75, 3.05) is 18.4 Å². The van der Waals surface area contributed by atoms with Gasteiger partial charge >= 0.3 is 0 Å². The van der Waals surface area contributed by atoms with Gasteiger partial charge in [-0.25, -0.2) is 13.6 Å². The van der Waals surface area contributed by atoms with Gasteiger partial charge in [0.1, 0.15) is 0 Å². The molecule has 2 rings (SSSR count). The highest BCUT2D eigenvalue weighted by Gasteiger charge is 2.25. The first kappa shape index (κ1) is 16.9. The molecule has 7 heteroatoms. The first-order chi connectivity index (χ1) is 10.3. The van der Waals surface area contributed by atoms with E-state index in [4.69, 9.17) is 5.14 Å². The summed E-state index contributed by atoms with van der Waals surface area (Å²) in [5.41, 5.74) is 0.438. The average Bonchev–Trinajstić information content (AvgIpc) is 2.46. The van der Waals surface area contributed by atoms with Crippen LogP contribution in [0.4, 0.5) is 5.69 Å². The number of anilines is 1. The molecule has 0 bridgehead atoms. The van der Waals surface area contributed by atoms with E-state index in [2.05, 4.69) is 17.1 Å². The third kappa shape index (κ3) is 4.28. The van der Waals surface area contributed by atoms with Gasteiger partial charge in [-0.15, -0.1) is 0 Å². The first-order valence-electron chi connectivity index (χ1n) is 7.45. The Hall–Kier alpha value is -1.44. The number of rotatable bonds is 4. The van der Waals surface area contributed by atoms with Crippen LogP contribution in [-0.2, 0) is 14.8 Å². The van der Waals surface area contributed by atoms with Gasteiger partial charge in [0.2, 0.25) is 15.9 Å². The van der Waals surface area contributed by atoms with Crippen molar-refractivity contribution in [1.29, 1.82) is 0 Å². The largest absolute Gasteiger partial charge is 0.325 e. The van der Waals surface area contributed by atoms with Crippen LogP contribution in [0.3, 0.4) is 0 Å². The van der Waals surface area contributed by atoms with Crippen LogP contribution in [0.1, 0.15) is 26.7 Å². The minimum absolute atomic E-state index is 0.00968. The molecule has 1 aliphatic rings. The molecule has 1 heterocycles. The lowest BCUT2D eigenvalue weighted by Crippen LogP contribution is -2.46. The molecule has 0 unspecified atom stereocenters. The highest BCUT2D eigenvalue weighted by Crippen LogP contribution is 2.19. The fourth-order valence-electron chi connectivity index (χ4n) is 2.74. The third-order valence-corrected chi connectivity index (χ3v) is 4.96. The van der Waals surface area contributed by atoms with E-state index in [9.17, 15) is 13.2 Å². The first-order valence-corrected chi connectivity index (χ1v) is 9.00. The minimum Gasteiger partial charge on any atom is -0.325 e. The van der Waals surface area contributed by atoms with Crippen LogP contribution in [0.5, 0.6) is 0 Å². The van der Waals surface area contributed by atoms with Gasteiger partial charge in [0.15, 0.2) is 0 Å². The van der Waals surface area contributed by atoms with Crippen LogP contribution in [0.25, 0.3) is 0 Å². The van der Waals surface area contributed by atoms with Crippen LogP contribution in [-0.4, -0.2) is 38.4 Å². The number of piperidine rings is 1. The van der Waals surface area contributed by atoms with E-state index >= 15 is 0 Å². The number of hydrogen-bond acceptors (Lipinski definition) is 4. The molecule has 1 aromatic carbocycles. The van der Waals surface area contributed by atoms with E-state index in [0.717, 1.165) is 19.5 Å². The summed E-state index contributed by atoms with van der Waals surface area (Å²) in [6.45, 7) is 5.88. The predicted octanol–water partition coefficient (Wildman–Crippen LogP) is 1.39. The van der Waals surface area contributed by atoms with Crippen molar-refractivity contribution in [3.63, 3.8) is 0 Å². The number of primary sulfonamides is 1. The van der Waals surface area contributed by atoms with Crippen LogP contribution in [0.2, 0.25) is 0 Å². The molecule has 0 aromatic heterocycles. The quantitative estimate of drug-likeness (QED) is 0.875. The molecule has 3 N–H and O–H groups in total. The fourth-order valence-corrected chi connectivity index (χ4v) is 3.30. The van der Waals surface area contributed by atoms with Crippen LogP contribution < -0.4 is 10.5 Å². The number of benzene rings is 1. The Morgan fingerprint density at radius 3 is 2.82 bits per heavy atom. The molecule has 1 fully saturated rings. The Labute approximate surface area is 131 Å². The van der Waals surface area contributed by atoms with E-state index in [0.29, 0.717) is 11.6 Å². The predicted molar refractivity (Wildman–Crippen MR) is 85.9 cm³/mol. The topological polar surface area (TPSA) is 92.5 Å². The molecule has 1 saturated heterocycles. The summed E-state index contributed by atoms with van der Waals surface area (Å²) in [6.07, 6.45) is 2.29. The average molecular weight is 325 g/mol. The fraction of sp³-hybridized carbons (Fsp3) is 0.533. The van der Waals surface area contributed by atoms with Gasteiger partial charge < -0.3 is 5.32 Å². The van der Waals surface area contributed by atoms with Crippen molar-refractivity contribution in [3.05, 3.63) is 24.3 Å². The Morgan fingerprint density at radius 1 is 1.45 bits per heavy atom. The molecule has 1 aromatic rings. The van der Waals surface area contributed by atoms with Crippen molar-refractivity contribution in [1.82, 2.24) is 4.90 Å². The molecule has 0 saturated carbocycles. The molecule has 6 nitrogen and oxygen atoms in total. The van der Waals surface area contributed by atoms with E-state index < -0.39 is 10.0 Å². The Bertz CT molecular complexity index is 645. The van der Waals surface area contributed by atoms with E-state index in [-0.39, 0.29) is 16.8 Å². The van der Waals surface area contributed by atoms with E-state index in [1.54, 1.807) is 12.1 Å². The maximum absolute atomic E-state index is 12.3. The summed E-state index contributed by atoms with van der Waals surface area (Å²) in [4.78, 5) is 14.5. The summed E-state index contributed by atoms with van der Waals surface area (Å²) in [7, 11) is -3.77. The zero-order valence-electron chi connectivity index (χ0n) is 13.0. The molecular weight excluding hydrogens is 302 g/mol. The molecule has 22 heavy (non-hydrogen) atoms. The smallest absolute Gasteiger partial charge is 0.241 e. The molecule has 122 valence electrons. The van der Waals surface area contributed by atoms with Crippen LogP contribution in [0, 0.1) is 5.92 Å². The maximum Gasteiger partial charge on any atom is 0.241 e. The van der Waals surface area contributed by atoms with Crippen LogP contribution in [0.15, 0.2) is 29.2 Å². The lowest BCUT2D eigenvalue weighted by atomic mass is 9.99. The molecule has 0 aliphatic carbocycles. The number of hydrogen-bond donors (Lipinski definition) is 2. The number of carbonyl (C=O) groups excluding carboxylic acids is 1. The zero-order valence-corrected chi connectivity index (χ0v) is 13.8. The number of nitrogens with two attached hydrogens (primary N) is 1. The number of nitrogens with one attached hydrogen (secondary N) is 1. The van der Waals surface area contributed by atoms with Gasteiger partial charge in [0, 0.05) is 12.2 Å². The lowest BCUT2D eigenvalue weighted by molar-refractivity contribution is -0.121. The molecular formula is C15H23N3O3S. The van der Waals surface area contributed by atoms with Crippen molar-refractivity contribution >= 4 is 21.6 Å². The molecule has 1 aliphatic heterocycles. The SMILES string of the molecule is C[C@H]1CCCN([C@@H](C)C(=O)Nc2cccc(S(N)(=O)=O)c2)C1. The highest BCUT2D eigenvalue weighted by molar-refractivity contribution is 7.89. The van der Waals surface area contributed by atoms with E-state index in [1.165, 1.54) is 18.6 Å². The summed E-state index contributed by atoms with van der Waals surface area (Å²) in [5, 5.41) is 7.87. The second-order valence-electron chi connectivity index (χ2n) is 5.98. The second kappa shape index (κ2) is 6.76. The Morgan fingerprint density at radius 2 is 2.18 bits per heavy atom. The number of nitrogens with zero attached hydrogens (tertiary/aromatic N) is 1. The third-order valence-electron chi connectivity index (χ3n) is 4.05. The van der Waals surface area contributed by atoms with Crippen molar-refractivity contribution < 1.29 is 13.2 Å². The van der Waals surface area contributed by atoms with Gasteiger partial charge in [-0.05, 0) is 50.4 Å². The summed E-state index contributed by atoms with van der Waals surface area (Å²) < 4.78 is 22.7. The van der Waals surface area contributed by atoms with E-state index in [1.807, 2.05) is 6.92 Å². The van der Waals surface area contributed by atoms with Gasteiger partial charge in [-0.1, -0.05) is 13.0 Å². The Balaban J connectivity index is 2.05. The number of likely N-dealkylation sites (tertiary alicyclic amines) is 1. The number of carbonyl (C=O) groups is 1. The molecule has 0 radical (unpaired) electrons. The Kier molecular flexibility index (Phi) is 5.20. The summed E-state index contributed by atoms with van der Waals surface area (Å²) in [5.74, 6) is 0.454. The monoisotopic (exact) mass is 325 g/mol. The number of sulfonamides is 1. The minimum atomic E-state index is -3.77. The van der Waals surface area contributed by atoms with Crippen LogP contribution >= 0.6 is 0 Å². The number of amides is 1. The normalized spacial score (nSPS) is 21.3. The standard InChI is InChI=1S/C15H23N3O3S/c1-11-5-4-8-18(10-11)12(2)15(19)17-13-6-3-7-14(9-13)22(16,20)21/h3,6-7,9,11-12H,4-5,8,10H2,1-2H3,(H,17,19)(H2,16,20,21)/t11-,12-/m0/s1. The van der Waals surface area contributed by atoms with Crippen molar-refractivity contribution in [2.45, 2.75) is 37.6 Å². The highest BCUT2D eigenvalue weighted by atomic mass is 32.2. The molecule has 2 atom stereocenters. The second-order valence-corrected chi connectivity index (χ2v) is 7.54. The molecule has 0 spiro atoms. The van der Waals surface area contributed by atoms with Gasteiger partial charge in [-0.3, -0.25) is 9.69 Å². The lowest BCUT2D eigenvalue weighted by Gasteiger charge is -2.34. The van der Waals surface area contributed by atoms with Crippen molar-refractivity contribution in [2.24, 2.45) is 11.1 Å². The summed E-state index contributed by atoms with van der Waals surface area (Å²) in [6, 6.07) is 5.74. The van der Waals surface area contributed by atoms with Gasteiger partial charge in [0.05, 0.1) is 10.9 Å².